The molecule has 0 radical (unpaired) electrons. The molecule has 0 fully saturated rings. The van der Waals surface area contributed by atoms with Crippen LogP contribution in [-0.2, 0) is 90.2 Å². The van der Waals surface area contributed by atoms with Crippen LogP contribution in [0, 0.1) is 0 Å². The van der Waals surface area contributed by atoms with Crippen LogP contribution in [-0.4, -0.2) is 167 Å². The second-order valence-corrected chi connectivity index (χ2v) is 30.3. The van der Waals surface area contributed by atoms with Crippen molar-refractivity contribution in [2.24, 2.45) is 0 Å². The maximum absolute atomic E-state index is 13.6. The average molecular weight is 1370 g/mol. The van der Waals surface area contributed by atoms with Crippen molar-refractivity contribution in [1.82, 2.24) is 26.6 Å². The number of allylic oxidation sites excluding steroid dienone is 6. The molecule has 2 aliphatic rings. The van der Waals surface area contributed by atoms with Gasteiger partial charge in [-0.15, -0.1) is 0 Å². The number of nitrogens with one attached hydrogen (secondary N) is 6. The van der Waals surface area contributed by atoms with E-state index in [0.29, 0.717) is 105 Å². The van der Waals surface area contributed by atoms with Crippen LogP contribution in [0.25, 0.3) is 0 Å². The predicted molar refractivity (Wildman–Crippen MR) is 332 cm³/mol. The van der Waals surface area contributed by atoms with Crippen molar-refractivity contribution in [2.75, 3.05) is 53.7 Å². The van der Waals surface area contributed by atoms with Gasteiger partial charge >= 0.3 is 5.97 Å². The predicted octanol–water partition coefficient (Wildman–Crippen LogP) is 3.72. The van der Waals surface area contributed by atoms with E-state index in [2.05, 4.69) is 21.3 Å². The van der Waals surface area contributed by atoms with E-state index in [-0.39, 0.29) is 62.4 Å². The third kappa shape index (κ3) is 26.1. The van der Waals surface area contributed by atoms with Crippen LogP contribution in [0.5, 0.6) is 0 Å². The van der Waals surface area contributed by atoms with Crippen LogP contribution in [0.15, 0.2) is 82.3 Å². The number of carboxylic acid groups (broad SMARTS) is 1. The number of amides is 5. The van der Waals surface area contributed by atoms with Crippen LogP contribution in [0.1, 0.15) is 141 Å². The van der Waals surface area contributed by atoms with Gasteiger partial charge in [0.25, 0.3) is 50.6 Å². The minimum absolute atomic E-state index is 0.0499. The molecule has 0 aliphatic carbocycles. The Hall–Kier alpha value is -6.37. The molecular weight excluding hydrogens is 1280 g/mol. The topological polar surface area (TPSA) is 470 Å². The van der Waals surface area contributed by atoms with Gasteiger partial charge in [-0.2, -0.15) is 42.1 Å². The fraction of sp³-hybridized carbons (Fsp3) is 0.571. The molecule has 4 unspecified atom stereocenters. The number of carbonyl (C=O) groups excluding carboxylic acids is 5. The Bertz CT molecular complexity index is 3580. The van der Waals surface area contributed by atoms with Crippen LogP contribution in [0.3, 0.4) is 0 Å². The van der Waals surface area contributed by atoms with Gasteiger partial charge in [-0.1, -0.05) is 63.8 Å². The van der Waals surface area contributed by atoms with Crippen LogP contribution in [0.4, 0.5) is 11.4 Å². The van der Waals surface area contributed by atoms with E-state index in [1.54, 1.807) is 30.4 Å². The lowest BCUT2D eigenvalue weighted by atomic mass is 9.77. The second kappa shape index (κ2) is 33.8. The Morgan fingerprint density at radius 2 is 1.04 bits per heavy atom. The zero-order valence-corrected chi connectivity index (χ0v) is 54.3. The number of hydrogen-bond acceptors (Lipinski definition) is 18. The molecule has 0 saturated heterocycles. The number of carbonyl (C=O) groups is 6. The smallest absolute Gasteiger partial charge is 0.303 e. The maximum Gasteiger partial charge on any atom is 0.303 e. The number of hydrogen-bond donors (Lipinski definition) is 12. The van der Waals surface area contributed by atoms with Gasteiger partial charge < -0.3 is 41.9 Å². The largest absolute Gasteiger partial charge is 0.481 e. The molecule has 4 atom stereocenters. The van der Waals surface area contributed by atoms with Crippen molar-refractivity contribution in [1.29, 1.82) is 0 Å². The highest BCUT2D eigenvalue weighted by Gasteiger charge is 2.44. The number of unbranched alkanes of at least 4 members (excludes halogenated alkanes) is 2. The summed E-state index contributed by atoms with van der Waals surface area (Å²) < 4.78 is 172. The van der Waals surface area contributed by atoms with Crippen LogP contribution in [0.2, 0.25) is 0 Å². The quantitative estimate of drug-likeness (QED) is 0.0947. The highest BCUT2D eigenvalue weighted by Crippen LogP contribution is 2.51. The van der Waals surface area contributed by atoms with Gasteiger partial charge in [-0.05, 0) is 130 Å². The number of carboxylic acids is 1. The van der Waals surface area contributed by atoms with E-state index in [0.717, 1.165) is 0 Å². The molecule has 5 amide bonds. The fourth-order valence-electron chi connectivity index (χ4n) is 10.4. The van der Waals surface area contributed by atoms with Crippen molar-refractivity contribution in [3.05, 3.63) is 83.6 Å². The number of nitrogens with zero attached hydrogens (tertiary/aromatic N) is 1. The van der Waals surface area contributed by atoms with Crippen molar-refractivity contribution < 1.29 is 98.7 Å². The first kappa shape index (κ1) is 76.1. The summed E-state index contributed by atoms with van der Waals surface area (Å²) in [5, 5.41) is 23.6. The molecular formula is C56H83N7O22S5. The normalized spacial score (nSPS) is 22.1. The van der Waals surface area contributed by atoms with Crippen LogP contribution < -0.4 is 36.8 Å². The summed E-state index contributed by atoms with van der Waals surface area (Å²) in [6, 6.07) is 1.60. The number of aliphatic carboxylic acids is 1. The molecule has 2 aliphatic heterocycles. The first-order valence-corrected chi connectivity index (χ1v) is 36.8. The first-order chi connectivity index (χ1) is 41.8. The Kier molecular flexibility index (Phi) is 28.6. The summed E-state index contributed by atoms with van der Waals surface area (Å²) in [4.78, 5) is 79.0. The van der Waals surface area contributed by atoms with Crippen molar-refractivity contribution in [3.8, 4) is 0 Å². The highest BCUT2D eigenvalue weighted by molar-refractivity contribution is 7.86. The summed E-state index contributed by atoms with van der Waals surface area (Å²) in [7, 11) is -24.8. The zero-order chi connectivity index (χ0) is 67.3. The van der Waals surface area contributed by atoms with Crippen LogP contribution >= 0.6 is 0 Å². The Morgan fingerprint density at radius 1 is 0.544 bits per heavy atom. The van der Waals surface area contributed by atoms with Crippen molar-refractivity contribution >= 4 is 97.5 Å². The minimum atomic E-state index is -5.23. The first-order valence-electron chi connectivity index (χ1n) is 29.1. The van der Waals surface area contributed by atoms with Gasteiger partial charge in [-0.3, -0.25) is 51.5 Å². The third-order valence-corrected chi connectivity index (χ3v) is 19.0. The molecule has 0 aromatic heterocycles. The molecule has 0 bridgehead atoms. The molecule has 2 aromatic rings. The fourth-order valence-corrected chi connectivity index (χ4v) is 13.4. The molecule has 2 heterocycles. The zero-order valence-electron chi connectivity index (χ0n) is 50.3. The maximum atomic E-state index is 13.6. The Morgan fingerprint density at radius 3 is 1.61 bits per heavy atom. The van der Waals surface area contributed by atoms with Gasteiger partial charge in [0.15, 0.2) is 0 Å². The summed E-state index contributed by atoms with van der Waals surface area (Å²) in [6.45, 7) is 6.57. The molecule has 504 valence electrons. The molecule has 34 heteroatoms. The number of fused-ring (bicyclic) bond motifs is 4. The van der Waals surface area contributed by atoms with E-state index < -0.39 is 138 Å². The number of anilines is 2. The molecule has 12 N–H and O–H groups in total. The van der Waals surface area contributed by atoms with E-state index in [4.69, 9.17) is 0 Å². The molecule has 0 spiro atoms. The van der Waals surface area contributed by atoms with E-state index in [1.807, 2.05) is 48.5 Å². The second-order valence-electron chi connectivity index (χ2n) is 23.0. The van der Waals surface area contributed by atoms with Gasteiger partial charge in [-0.25, -0.2) is 0 Å². The van der Waals surface area contributed by atoms with E-state index >= 15 is 0 Å². The monoisotopic (exact) mass is 1370 g/mol. The standard InChI is InChI=1S/C56H83N7O22S5/c1-55(2)28-14-5-4-10-20-48-56(3,42-35-40(90(83,84)85)25-27-47(42)63(48)33-19-8-13-23-51(66)67)29-15-6-11-22-50(65)60-45(37-87(74,75)76)53(69)62-46(38-88(77,78)79)54(70)61-44(36-86(71,72)73)52(68)59-32-18-9-17-31-58-49(64)21-12-7-16-30-57-43-26-24-39(34-41(43)55)89(80,81)82/h4-5,10,14,20,24-27,34-35,44-46,57H,6-9,11-13,15-19,21-23,28-33,36-38H2,1-3H3,(H,58,64)(H,59,68)(H,60,65)(H,61,70)(H,62,69)(H,66,67)(H,71,72,73)(H,74,75,76)(H,77,78,79)(H,80,81,82)(H,83,84,85). The SMILES string of the molecule is CC1(C)CC=CC=CC=C2N(CCCCCC(=O)O)c3ccc(S(=O)(=O)O)cc3C2(C)CCCCCC(=O)NC(CS(=O)(=O)O)C(=O)NC(CS(=O)(=O)O)C(=O)NC(CS(=O)(=O)O)C(=O)NCCCCCNC(=O)CCCCCNc2ccc(S(=O)(=O)O)cc21. The minimum Gasteiger partial charge on any atom is -0.481 e. The molecule has 29 nitrogen and oxygen atoms in total. The average Bonchev–Trinajstić information content (AvgIpc) is 1.57. The van der Waals surface area contributed by atoms with Gasteiger partial charge in [0, 0.05) is 67.9 Å². The summed E-state index contributed by atoms with van der Waals surface area (Å²) >= 11 is 0. The van der Waals surface area contributed by atoms with Gasteiger partial charge in [0.2, 0.25) is 29.5 Å². The van der Waals surface area contributed by atoms with Crippen molar-refractivity contribution in [3.63, 3.8) is 0 Å². The van der Waals surface area contributed by atoms with Gasteiger partial charge in [0.05, 0.1) is 9.79 Å². The molecule has 0 saturated carbocycles. The Labute approximate surface area is 525 Å². The summed E-state index contributed by atoms with van der Waals surface area (Å²) in [5.41, 5.74) is 1.24. The van der Waals surface area contributed by atoms with Crippen molar-refractivity contribution in [2.45, 2.75) is 169 Å². The summed E-state index contributed by atoms with van der Waals surface area (Å²) in [5.74, 6) is -11.3. The van der Waals surface area contributed by atoms with E-state index in [1.165, 1.54) is 24.3 Å². The third-order valence-electron chi connectivity index (χ3n) is 15.0. The lowest BCUT2D eigenvalue weighted by molar-refractivity contribution is -0.137. The molecule has 90 heavy (non-hydrogen) atoms. The molecule has 4 rings (SSSR count). The number of benzene rings is 2. The lowest BCUT2D eigenvalue weighted by Gasteiger charge is -2.30. The Balaban J connectivity index is 1.72. The summed E-state index contributed by atoms with van der Waals surface area (Å²) in [6.07, 6.45) is 14.2. The van der Waals surface area contributed by atoms with Gasteiger partial charge in [0.1, 0.15) is 35.4 Å². The lowest BCUT2D eigenvalue weighted by Crippen LogP contribution is -2.60. The molecule has 2 aromatic carbocycles. The highest BCUT2D eigenvalue weighted by atomic mass is 32.2. The van der Waals surface area contributed by atoms with E-state index in [9.17, 15) is 98.7 Å². The number of rotatable bonds is 14.